The number of rotatable bonds is 9. The SMILES string of the molecule is Cc1ccc(OCc2nnc(SCc3nnc(C(=O)NCc4ccccc4)s3)o2)cc1. The van der Waals surface area contributed by atoms with Crippen molar-refractivity contribution in [3.8, 4) is 5.75 Å². The van der Waals surface area contributed by atoms with Crippen LogP contribution in [-0.2, 0) is 18.9 Å². The van der Waals surface area contributed by atoms with E-state index in [2.05, 4.69) is 25.7 Å². The van der Waals surface area contributed by atoms with Gasteiger partial charge in [0.05, 0.1) is 5.75 Å². The van der Waals surface area contributed by atoms with E-state index in [9.17, 15) is 4.79 Å². The Morgan fingerprint density at radius 3 is 2.68 bits per heavy atom. The van der Waals surface area contributed by atoms with Gasteiger partial charge in [-0.15, -0.1) is 20.4 Å². The molecule has 0 aliphatic heterocycles. The molecule has 0 saturated carbocycles. The number of aryl methyl sites for hydroxylation is 1. The van der Waals surface area contributed by atoms with Crippen LogP contribution in [0.1, 0.15) is 31.8 Å². The Hall–Kier alpha value is -3.24. The molecule has 1 amide bonds. The standard InChI is InChI=1S/C21H19N5O3S2/c1-14-7-9-16(10-8-14)28-12-17-23-26-21(29-17)30-13-18-24-25-20(31-18)19(27)22-11-15-5-3-2-4-6-15/h2-10H,11-13H2,1H3,(H,22,27). The predicted molar refractivity (Wildman–Crippen MR) is 117 cm³/mol. The Morgan fingerprint density at radius 1 is 1.06 bits per heavy atom. The topological polar surface area (TPSA) is 103 Å². The molecule has 0 aliphatic carbocycles. The number of nitrogens with zero attached hydrogens (tertiary/aromatic N) is 4. The zero-order valence-electron chi connectivity index (χ0n) is 16.6. The van der Waals surface area contributed by atoms with Crippen molar-refractivity contribution < 1.29 is 13.9 Å². The number of amides is 1. The number of hydrogen-bond acceptors (Lipinski definition) is 9. The normalized spacial score (nSPS) is 10.7. The summed E-state index contributed by atoms with van der Waals surface area (Å²) >= 11 is 2.57. The molecule has 0 unspecified atom stereocenters. The van der Waals surface area contributed by atoms with Crippen LogP contribution in [0.2, 0.25) is 0 Å². The lowest BCUT2D eigenvalue weighted by molar-refractivity contribution is 0.0950. The molecule has 31 heavy (non-hydrogen) atoms. The van der Waals surface area contributed by atoms with Gasteiger partial charge < -0.3 is 14.5 Å². The smallest absolute Gasteiger partial charge is 0.282 e. The van der Waals surface area contributed by atoms with E-state index in [1.54, 1.807) is 0 Å². The molecule has 158 valence electrons. The summed E-state index contributed by atoms with van der Waals surface area (Å²) in [7, 11) is 0. The second-order valence-corrected chi connectivity index (χ2v) is 8.51. The summed E-state index contributed by atoms with van der Waals surface area (Å²) in [6.45, 7) is 2.66. The number of hydrogen-bond donors (Lipinski definition) is 1. The summed E-state index contributed by atoms with van der Waals surface area (Å²) in [6, 6.07) is 17.4. The molecule has 8 nitrogen and oxygen atoms in total. The molecule has 4 rings (SSSR count). The molecule has 0 spiro atoms. The van der Waals surface area contributed by atoms with Crippen LogP contribution in [0.15, 0.2) is 64.2 Å². The van der Waals surface area contributed by atoms with Gasteiger partial charge in [0.2, 0.25) is 5.01 Å². The van der Waals surface area contributed by atoms with Crippen molar-refractivity contribution in [3.05, 3.63) is 81.6 Å². The van der Waals surface area contributed by atoms with E-state index in [1.807, 2.05) is 61.5 Å². The molecular formula is C21H19N5O3S2. The van der Waals surface area contributed by atoms with Crippen LogP contribution in [0.3, 0.4) is 0 Å². The largest absolute Gasteiger partial charge is 0.484 e. The molecule has 2 aromatic carbocycles. The van der Waals surface area contributed by atoms with Crippen molar-refractivity contribution in [2.24, 2.45) is 0 Å². The van der Waals surface area contributed by atoms with Gasteiger partial charge in [-0.25, -0.2) is 0 Å². The van der Waals surface area contributed by atoms with Crippen molar-refractivity contribution in [2.75, 3.05) is 0 Å². The number of aromatic nitrogens is 4. The summed E-state index contributed by atoms with van der Waals surface area (Å²) < 4.78 is 11.2. The van der Waals surface area contributed by atoms with Gasteiger partial charge >= 0.3 is 0 Å². The highest BCUT2D eigenvalue weighted by atomic mass is 32.2. The quantitative estimate of drug-likeness (QED) is 0.379. The Balaban J connectivity index is 1.24. The third-order valence-electron chi connectivity index (χ3n) is 4.11. The van der Waals surface area contributed by atoms with Crippen LogP contribution >= 0.6 is 23.1 Å². The highest BCUT2D eigenvalue weighted by Gasteiger charge is 2.14. The van der Waals surface area contributed by atoms with Crippen LogP contribution in [0.5, 0.6) is 5.75 Å². The van der Waals surface area contributed by atoms with Crippen LogP contribution in [0.25, 0.3) is 0 Å². The molecule has 0 bridgehead atoms. The summed E-state index contributed by atoms with van der Waals surface area (Å²) in [6.07, 6.45) is 0. The zero-order valence-corrected chi connectivity index (χ0v) is 18.3. The lowest BCUT2D eigenvalue weighted by atomic mass is 10.2. The maximum atomic E-state index is 12.3. The number of nitrogens with one attached hydrogen (secondary N) is 1. The Bertz CT molecular complexity index is 1130. The molecule has 1 N–H and O–H groups in total. The molecule has 2 heterocycles. The number of carbonyl (C=O) groups excluding carboxylic acids is 1. The Labute approximate surface area is 187 Å². The Kier molecular flexibility index (Phi) is 6.90. The summed E-state index contributed by atoms with van der Waals surface area (Å²) in [4.78, 5) is 12.3. The van der Waals surface area contributed by atoms with Gasteiger partial charge in [-0.3, -0.25) is 4.79 Å². The molecule has 10 heteroatoms. The molecule has 0 atom stereocenters. The molecule has 0 saturated heterocycles. The first-order chi connectivity index (χ1) is 15.2. The molecule has 0 fully saturated rings. The Morgan fingerprint density at radius 2 is 1.87 bits per heavy atom. The molecular weight excluding hydrogens is 434 g/mol. The fourth-order valence-corrected chi connectivity index (χ4v) is 4.04. The lowest BCUT2D eigenvalue weighted by Crippen LogP contribution is -2.22. The maximum absolute atomic E-state index is 12.3. The lowest BCUT2D eigenvalue weighted by Gasteiger charge is -2.02. The predicted octanol–water partition coefficient (Wildman–Crippen LogP) is 4.03. The zero-order chi connectivity index (χ0) is 21.5. The van der Waals surface area contributed by atoms with Crippen LogP contribution < -0.4 is 10.1 Å². The van der Waals surface area contributed by atoms with Gasteiger partial charge in [-0.2, -0.15) is 0 Å². The van der Waals surface area contributed by atoms with Crippen molar-refractivity contribution in [2.45, 2.75) is 31.1 Å². The monoisotopic (exact) mass is 453 g/mol. The second-order valence-electron chi connectivity index (χ2n) is 6.52. The highest BCUT2D eigenvalue weighted by molar-refractivity contribution is 7.98. The van der Waals surface area contributed by atoms with Crippen molar-refractivity contribution >= 4 is 29.0 Å². The van der Waals surface area contributed by atoms with Gasteiger partial charge in [-0.05, 0) is 24.6 Å². The third-order valence-corrected chi connectivity index (χ3v) is 6.04. The maximum Gasteiger partial charge on any atom is 0.282 e. The minimum absolute atomic E-state index is 0.196. The van der Waals surface area contributed by atoms with E-state index in [-0.39, 0.29) is 12.5 Å². The minimum atomic E-state index is -0.245. The van der Waals surface area contributed by atoms with Crippen molar-refractivity contribution in [1.29, 1.82) is 0 Å². The van der Waals surface area contributed by atoms with Crippen molar-refractivity contribution in [3.63, 3.8) is 0 Å². The fraction of sp³-hybridized carbons (Fsp3) is 0.190. The average molecular weight is 454 g/mol. The summed E-state index contributed by atoms with van der Waals surface area (Å²) in [5.41, 5.74) is 2.19. The first-order valence-corrected chi connectivity index (χ1v) is 11.2. The highest BCUT2D eigenvalue weighted by Crippen LogP contribution is 2.24. The van der Waals surface area contributed by atoms with Gasteiger partial charge in [0.15, 0.2) is 6.61 Å². The van der Waals surface area contributed by atoms with E-state index in [0.29, 0.717) is 33.4 Å². The van der Waals surface area contributed by atoms with Gasteiger partial charge in [0.25, 0.3) is 17.0 Å². The number of thioether (sulfide) groups is 1. The minimum Gasteiger partial charge on any atom is -0.484 e. The molecule has 4 aromatic rings. The number of benzene rings is 2. The second kappa shape index (κ2) is 10.2. The van der Waals surface area contributed by atoms with Gasteiger partial charge in [0.1, 0.15) is 10.8 Å². The van der Waals surface area contributed by atoms with Gasteiger partial charge in [0, 0.05) is 6.54 Å². The van der Waals surface area contributed by atoms with E-state index >= 15 is 0 Å². The first-order valence-electron chi connectivity index (χ1n) is 9.45. The molecule has 2 aromatic heterocycles. The first kappa shape index (κ1) is 21.0. The number of carbonyl (C=O) groups is 1. The summed E-state index contributed by atoms with van der Waals surface area (Å²) in [5, 5.41) is 20.3. The van der Waals surface area contributed by atoms with E-state index in [1.165, 1.54) is 23.1 Å². The third kappa shape index (κ3) is 6.12. The van der Waals surface area contributed by atoms with Crippen LogP contribution in [-0.4, -0.2) is 26.3 Å². The van der Waals surface area contributed by atoms with E-state index in [0.717, 1.165) is 16.9 Å². The van der Waals surface area contributed by atoms with E-state index < -0.39 is 0 Å². The van der Waals surface area contributed by atoms with Crippen LogP contribution in [0, 0.1) is 6.92 Å². The summed E-state index contributed by atoms with van der Waals surface area (Å²) in [5.74, 6) is 1.36. The van der Waals surface area contributed by atoms with Crippen molar-refractivity contribution in [1.82, 2.24) is 25.7 Å². The number of ether oxygens (including phenoxy) is 1. The fourth-order valence-electron chi connectivity index (χ4n) is 2.52. The molecule has 0 aliphatic rings. The average Bonchev–Trinajstić information content (AvgIpc) is 3.46. The molecule has 0 radical (unpaired) electrons. The van der Waals surface area contributed by atoms with Crippen LogP contribution in [0.4, 0.5) is 0 Å². The van der Waals surface area contributed by atoms with E-state index in [4.69, 9.17) is 9.15 Å². The van der Waals surface area contributed by atoms with Gasteiger partial charge in [-0.1, -0.05) is 71.1 Å².